The first-order valence-electron chi connectivity index (χ1n) is 3.90. The van der Waals surface area contributed by atoms with Gasteiger partial charge >= 0.3 is 0 Å². The van der Waals surface area contributed by atoms with Gasteiger partial charge in [0.1, 0.15) is 0 Å². The van der Waals surface area contributed by atoms with Gasteiger partial charge in [-0.05, 0) is 26.8 Å². The van der Waals surface area contributed by atoms with Crippen molar-refractivity contribution in [2.24, 2.45) is 0 Å². The lowest BCUT2D eigenvalue weighted by atomic mass is 10.1. The first kappa shape index (κ1) is 12.0. The van der Waals surface area contributed by atoms with E-state index in [0.717, 1.165) is 0 Å². The Bertz CT molecular complexity index is 150. The summed E-state index contributed by atoms with van der Waals surface area (Å²) in [5.41, 5.74) is -0.315. The molecule has 0 aliphatic heterocycles. The summed E-state index contributed by atoms with van der Waals surface area (Å²) in [6.45, 7) is 4.39. The Morgan fingerprint density at radius 2 is 2.17 bits per heavy atom. The van der Waals surface area contributed by atoms with E-state index in [1.807, 2.05) is 13.8 Å². The smallest absolute Gasteiger partial charge is 0.0607 e. The first-order valence-corrected chi connectivity index (χ1v) is 5.14. The van der Waals surface area contributed by atoms with Gasteiger partial charge in [-0.1, -0.05) is 11.1 Å². The molecule has 0 aromatic carbocycles. The first-order chi connectivity index (χ1) is 5.48. The lowest BCUT2D eigenvalue weighted by Crippen LogP contribution is -2.43. The van der Waals surface area contributed by atoms with E-state index < -0.39 is 11.1 Å². The third-order valence-corrected chi connectivity index (χ3v) is 2.11. The van der Waals surface area contributed by atoms with Gasteiger partial charge in [-0.15, -0.1) is 0 Å². The maximum Gasteiger partial charge on any atom is 0.0607 e. The standard InChI is InChI=1S/C7H17NO3S/c1-7(2,6-9)8-4-3-5-12(10)11/h8-9H,3-6H2,1-2H3,(H,10,11)/p-1. The number of hydrogen-bond donors (Lipinski definition) is 2. The van der Waals surface area contributed by atoms with Gasteiger partial charge in [-0.2, -0.15) is 0 Å². The molecule has 74 valence electrons. The van der Waals surface area contributed by atoms with Gasteiger partial charge in [0, 0.05) is 11.3 Å². The summed E-state index contributed by atoms with van der Waals surface area (Å²) in [6, 6.07) is 0. The zero-order valence-electron chi connectivity index (χ0n) is 7.50. The van der Waals surface area contributed by atoms with Crippen molar-refractivity contribution in [1.29, 1.82) is 0 Å². The molecule has 0 aliphatic carbocycles. The number of nitrogens with one attached hydrogen (secondary N) is 1. The van der Waals surface area contributed by atoms with E-state index in [9.17, 15) is 8.76 Å². The number of hydrogen-bond acceptors (Lipinski definition) is 4. The predicted molar refractivity (Wildman–Crippen MR) is 47.6 cm³/mol. The SMILES string of the molecule is CC(C)(CO)NCCCS(=O)[O-]. The molecule has 1 atom stereocenters. The van der Waals surface area contributed by atoms with Crippen molar-refractivity contribution in [2.75, 3.05) is 18.9 Å². The fourth-order valence-electron chi connectivity index (χ4n) is 0.673. The third-order valence-electron chi connectivity index (χ3n) is 1.49. The molecule has 2 N–H and O–H groups in total. The van der Waals surface area contributed by atoms with Crippen molar-refractivity contribution in [3.63, 3.8) is 0 Å². The quantitative estimate of drug-likeness (QED) is 0.446. The molecule has 1 unspecified atom stereocenters. The molecular weight excluding hydrogens is 178 g/mol. The van der Waals surface area contributed by atoms with E-state index in [1.54, 1.807) is 0 Å². The number of aliphatic hydroxyl groups excluding tert-OH is 1. The van der Waals surface area contributed by atoms with Crippen LogP contribution in [0, 0.1) is 0 Å². The molecule has 0 saturated heterocycles. The minimum absolute atomic E-state index is 0.0491. The van der Waals surface area contributed by atoms with Crippen LogP contribution in [0.5, 0.6) is 0 Å². The molecule has 0 rings (SSSR count). The number of rotatable bonds is 6. The van der Waals surface area contributed by atoms with Crippen LogP contribution in [-0.2, 0) is 11.1 Å². The Morgan fingerprint density at radius 3 is 2.58 bits per heavy atom. The molecule has 0 aromatic heterocycles. The molecule has 0 bridgehead atoms. The Morgan fingerprint density at radius 1 is 1.58 bits per heavy atom. The molecule has 0 amide bonds. The van der Waals surface area contributed by atoms with Crippen LogP contribution in [0.4, 0.5) is 0 Å². The summed E-state index contributed by atoms with van der Waals surface area (Å²) in [6.07, 6.45) is 0.583. The second kappa shape index (κ2) is 5.64. The van der Waals surface area contributed by atoms with Gasteiger partial charge in [0.05, 0.1) is 6.61 Å². The number of aliphatic hydroxyl groups is 1. The van der Waals surface area contributed by atoms with Gasteiger partial charge in [-0.25, -0.2) is 0 Å². The highest BCUT2D eigenvalue weighted by atomic mass is 32.2. The van der Waals surface area contributed by atoms with E-state index in [4.69, 9.17) is 5.11 Å². The monoisotopic (exact) mass is 194 g/mol. The third kappa shape index (κ3) is 6.72. The molecule has 0 aliphatic rings. The molecule has 5 heteroatoms. The van der Waals surface area contributed by atoms with E-state index in [2.05, 4.69) is 5.32 Å². The zero-order chi connectivity index (χ0) is 9.61. The van der Waals surface area contributed by atoms with Crippen molar-refractivity contribution in [3.05, 3.63) is 0 Å². The van der Waals surface area contributed by atoms with Crippen LogP contribution >= 0.6 is 0 Å². The Balaban J connectivity index is 3.37. The van der Waals surface area contributed by atoms with Crippen LogP contribution in [0.25, 0.3) is 0 Å². The van der Waals surface area contributed by atoms with Crippen LogP contribution < -0.4 is 5.32 Å². The van der Waals surface area contributed by atoms with Gasteiger partial charge in [0.25, 0.3) is 0 Å². The van der Waals surface area contributed by atoms with Crippen molar-refractivity contribution in [3.8, 4) is 0 Å². The maximum atomic E-state index is 10.1. The highest BCUT2D eigenvalue weighted by Gasteiger charge is 2.13. The van der Waals surface area contributed by atoms with Crippen LogP contribution in [0.3, 0.4) is 0 Å². The lowest BCUT2D eigenvalue weighted by molar-refractivity contribution is 0.189. The van der Waals surface area contributed by atoms with E-state index >= 15 is 0 Å². The molecule has 0 heterocycles. The molecule has 0 aromatic rings. The van der Waals surface area contributed by atoms with E-state index in [-0.39, 0.29) is 17.9 Å². The predicted octanol–water partition coefficient (Wildman–Crippen LogP) is -0.384. The van der Waals surface area contributed by atoms with Crippen LogP contribution in [0.15, 0.2) is 0 Å². The van der Waals surface area contributed by atoms with Crippen LogP contribution in [0.2, 0.25) is 0 Å². The van der Waals surface area contributed by atoms with Gasteiger partial charge < -0.3 is 15.0 Å². The van der Waals surface area contributed by atoms with E-state index in [1.165, 1.54) is 0 Å². The topological polar surface area (TPSA) is 72.4 Å². The minimum atomic E-state index is -1.95. The molecule has 12 heavy (non-hydrogen) atoms. The average molecular weight is 194 g/mol. The van der Waals surface area contributed by atoms with Crippen LogP contribution in [0.1, 0.15) is 20.3 Å². The molecular formula is C7H16NO3S-. The Hall–Kier alpha value is 0.0300. The highest BCUT2D eigenvalue weighted by Crippen LogP contribution is 1.98. The average Bonchev–Trinajstić information content (AvgIpc) is 1.98. The summed E-state index contributed by atoms with van der Waals surface area (Å²) in [5.74, 6) is 0.175. The molecule has 0 spiro atoms. The second-order valence-electron chi connectivity index (χ2n) is 3.33. The van der Waals surface area contributed by atoms with Crippen molar-refractivity contribution < 1.29 is 13.9 Å². The largest absolute Gasteiger partial charge is 0.772 e. The second-order valence-corrected chi connectivity index (χ2v) is 4.35. The zero-order valence-corrected chi connectivity index (χ0v) is 8.32. The summed E-state index contributed by atoms with van der Waals surface area (Å²) in [5, 5.41) is 11.9. The Kier molecular flexibility index (Phi) is 5.65. The van der Waals surface area contributed by atoms with Gasteiger partial charge in [-0.3, -0.25) is 4.21 Å². The van der Waals surface area contributed by atoms with Gasteiger partial charge in [0.2, 0.25) is 0 Å². The fourth-order valence-corrected chi connectivity index (χ4v) is 1.05. The summed E-state index contributed by atoms with van der Waals surface area (Å²) < 4.78 is 20.2. The Labute approximate surface area is 75.7 Å². The molecule has 4 nitrogen and oxygen atoms in total. The minimum Gasteiger partial charge on any atom is -0.772 e. The molecule has 0 radical (unpaired) electrons. The van der Waals surface area contributed by atoms with Crippen molar-refractivity contribution in [1.82, 2.24) is 5.32 Å². The lowest BCUT2D eigenvalue weighted by Gasteiger charge is -2.23. The van der Waals surface area contributed by atoms with Crippen molar-refractivity contribution >= 4 is 11.1 Å². The highest BCUT2D eigenvalue weighted by molar-refractivity contribution is 7.79. The van der Waals surface area contributed by atoms with E-state index in [0.29, 0.717) is 13.0 Å². The summed E-state index contributed by atoms with van der Waals surface area (Å²) in [7, 11) is 0. The molecule has 0 saturated carbocycles. The summed E-state index contributed by atoms with van der Waals surface area (Å²) in [4.78, 5) is 0. The van der Waals surface area contributed by atoms with Gasteiger partial charge in [0.15, 0.2) is 0 Å². The summed E-state index contributed by atoms with van der Waals surface area (Å²) >= 11 is -1.95. The van der Waals surface area contributed by atoms with Crippen LogP contribution in [-0.4, -0.2) is 38.3 Å². The maximum absolute atomic E-state index is 10.1. The fraction of sp³-hybridized carbons (Fsp3) is 1.00. The normalized spacial score (nSPS) is 14.7. The van der Waals surface area contributed by atoms with Crippen molar-refractivity contribution in [2.45, 2.75) is 25.8 Å². The molecule has 0 fully saturated rings.